The third-order valence-corrected chi connectivity index (χ3v) is 5.50. The summed E-state index contributed by atoms with van der Waals surface area (Å²) in [5.74, 6) is 0.0310. The number of carbonyl (C=O) groups excluding carboxylic acids is 1. The van der Waals surface area contributed by atoms with Crippen molar-refractivity contribution in [2.45, 2.75) is 33.2 Å². The van der Waals surface area contributed by atoms with Crippen molar-refractivity contribution in [2.75, 3.05) is 6.66 Å². The molecule has 2 atom stereocenters. The molecule has 4 nitrogen and oxygen atoms in total. The van der Waals surface area contributed by atoms with E-state index in [0.717, 1.165) is 5.56 Å². The Morgan fingerprint density at radius 1 is 1.39 bits per heavy atom. The fourth-order valence-corrected chi connectivity index (χ4v) is 4.12. The van der Waals surface area contributed by atoms with Crippen molar-refractivity contribution < 1.29 is 4.79 Å². The van der Waals surface area contributed by atoms with Crippen molar-refractivity contribution in [3.05, 3.63) is 47.0 Å². The van der Waals surface area contributed by atoms with Crippen LogP contribution in [0.15, 0.2) is 36.7 Å². The predicted octanol–water partition coefficient (Wildman–Crippen LogP) is 4.50. The highest BCUT2D eigenvalue weighted by Gasteiger charge is 2.21. The molecule has 0 aliphatic rings. The first kappa shape index (κ1) is 19.9. The van der Waals surface area contributed by atoms with Crippen molar-refractivity contribution >= 4 is 42.8 Å². The molecule has 0 aliphatic carbocycles. The van der Waals surface area contributed by atoms with Gasteiger partial charge in [0.25, 0.3) is 0 Å². The molecule has 7 heteroatoms. The van der Waals surface area contributed by atoms with Crippen LogP contribution in [0.25, 0.3) is 0 Å². The molecule has 0 N–H and O–H groups in total. The fraction of sp³-hybridized carbons (Fsp3) is 0.375. The number of rotatable bonds is 5. The largest absolute Gasteiger partial charge is 0.298 e. The highest BCUT2D eigenvalue weighted by molar-refractivity contribution is 8.50. The van der Waals surface area contributed by atoms with Crippen LogP contribution in [0.1, 0.15) is 32.4 Å². The molecule has 1 aromatic carbocycles. The molecule has 0 fully saturated rings. The summed E-state index contributed by atoms with van der Waals surface area (Å²) in [5.41, 5.74) is 1.08. The molecular weight excluding hydrogens is 345 g/mol. The number of nitrogens with zero attached hydrogens (tertiary/aromatic N) is 3. The lowest BCUT2D eigenvalue weighted by Crippen LogP contribution is -2.21. The summed E-state index contributed by atoms with van der Waals surface area (Å²) < 4.78 is 3.88. The van der Waals surface area contributed by atoms with E-state index in [1.165, 1.54) is 0 Å². The number of thiol groups is 1. The van der Waals surface area contributed by atoms with Gasteiger partial charge in [-0.25, -0.2) is 4.68 Å². The average molecular weight is 369 g/mol. The topological polar surface area (TPSA) is 39.8 Å². The molecule has 2 unspecified atom stereocenters. The standard InChI is InChI=1S/C14H18N3OPS2.C2H6/c1-11(18)13(9-12-7-5-4-6-8-12)17-14(20)16(10-15-17)19(2,3)21;1-2/h4-8,10,13,21H,2,9H2,1,3H3;1-2H3. The first-order valence-electron chi connectivity index (χ1n) is 7.45. The highest BCUT2D eigenvalue weighted by Crippen LogP contribution is 2.47. The highest BCUT2D eigenvalue weighted by atomic mass is 32.7. The van der Waals surface area contributed by atoms with Crippen LogP contribution >= 0.6 is 30.7 Å². The van der Waals surface area contributed by atoms with Crippen molar-refractivity contribution in [2.24, 2.45) is 0 Å². The predicted molar refractivity (Wildman–Crippen MR) is 107 cm³/mol. The molecule has 0 amide bonds. The summed E-state index contributed by atoms with van der Waals surface area (Å²) in [4.78, 5) is 12.0. The molecule has 1 aromatic heterocycles. The van der Waals surface area contributed by atoms with Gasteiger partial charge >= 0.3 is 0 Å². The SMILES string of the molecule is C=P(C)(S)n1cnn(C(Cc2ccccc2)C(C)=O)c1=S.CC. The van der Waals surface area contributed by atoms with Gasteiger partial charge in [-0.15, -0.1) is 12.2 Å². The lowest BCUT2D eigenvalue weighted by atomic mass is 10.0. The number of hydrogen-bond donors (Lipinski definition) is 1. The average Bonchev–Trinajstić information content (AvgIpc) is 2.89. The molecule has 0 aliphatic heterocycles. The molecule has 126 valence electrons. The molecule has 23 heavy (non-hydrogen) atoms. The van der Waals surface area contributed by atoms with Gasteiger partial charge in [0.05, 0.1) is 0 Å². The van der Waals surface area contributed by atoms with E-state index < -0.39 is 12.3 Å². The van der Waals surface area contributed by atoms with Crippen LogP contribution in [0.4, 0.5) is 0 Å². The van der Waals surface area contributed by atoms with Gasteiger partial charge in [0, 0.05) is 12.7 Å². The Kier molecular flexibility index (Phi) is 7.52. The van der Waals surface area contributed by atoms with Gasteiger partial charge < -0.3 is 0 Å². The van der Waals surface area contributed by atoms with Crippen molar-refractivity contribution in [1.82, 2.24) is 14.1 Å². The molecule has 0 bridgehead atoms. The second-order valence-corrected chi connectivity index (χ2v) is 10.7. The minimum Gasteiger partial charge on any atom is -0.298 e. The van der Waals surface area contributed by atoms with Crippen LogP contribution in [-0.2, 0) is 11.2 Å². The first-order valence-corrected chi connectivity index (χ1v) is 11.4. The fourth-order valence-electron chi connectivity index (χ4n) is 2.06. The third-order valence-electron chi connectivity index (χ3n) is 3.18. The Morgan fingerprint density at radius 2 is 1.96 bits per heavy atom. The van der Waals surface area contributed by atoms with Gasteiger partial charge in [0.1, 0.15) is 12.4 Å². The van der Waals surface area contributed by atoms with Crippen LogP contribution in [0, 0.1) is 4.77 Å². The minimum absolute atomic E-state index is 0.0310. The van der Waals surface area contributed by atoms with Crippen molar-refractivity contribution in [3.8, 4) is 0 Å². The maximum absolute atomic E-state index is 12.0. The quantitative estimate of drug-likeness (QED) is 0.479. The zero-order valence-corrected chi connectivity index (χ0v) is 16.6. The van der Waals surface area contributed by atoms with Crippen molar-refractivity contribution in [1.29, 1.82) is 0 Å². The maximum Gasteiger partial charge on any atom is 0.202 e. The summed E-state index contributed by atoms with van der Waals surface area (Å²) in [7, 11) is 0. The minimum atomic E-state index is -1.87. The summed E-state index contributed by atoms with van der Waals surface area (Å²) in [6, 6.07) is 9.45. The summed E-state index contributed by atoms with van der Waals surface area (Å²) in [6.07, 6.45) is 4.35. The number of benzene rings is 1. The van der Waals surface area contributed by atoms with Gasteiger partial charge in [0.2, 0.25) is 4.77 Å². The van der Waals surface area contributed by atoms with E-state index in [1.807, 2.05) is 50.8 Å². The molecule has 0 saturated heterocycles. The third kappa shape index (κ3) is 5.20. The van der Waals surface area contributed by atoms with Crippen LogP contribution in [0.5, 0.6) is 0 Å². The van der Waals surface area contributed by atoms with E-state index in [1.54, 1.807) is 22.3 Å². The molecular formula is C16H24N3OPS2. The van der Waals surface area contributed by atoms with Gasteiger partial charge in [-0.2, -0.15) is 5.10 Å². The second-order valence-electron chi connectivity index (χ2n) is 5.11. The Labute approximate surface area is 148 Å². The molecule has 2 rings (SSSR count). The maximum atomic E-state index is 12.0. The number of aromatic nitrogens is 3. The molecule has 0 saturated carbocycles. The van der Waals surface area contributed by atoms with Crippen LogP contribution in [0.3, 0.4) is 0 Å². The normalized spacial score (nSPS) is 14.3. The number of Topliss-reactive ketones (excluding diaryl/α,β-unsaturated/α-hetero) is 1. The first-order chi connectivity index (χ1) is 10.8. The number of hydrogen-bond acceptors (Lipinski definition) is 4. The van der Waals surface area contributed by atoms with E-state index in [0.29, 0.717) is 11.2 Å². The number of ketones is 1. The van der Waals surface area contributed by atoms with Gasteiger partial charge in [-0.05, 0) is 31.4 Å². The molecule has 2 aromatic rings. The van der Waals surface area contributed by atoms with E-state index in [2.05, 4.69) is 23.6 Å². The molecule has 1 heterocycles. The second kappa shape index (κ2) is 8.67. The van der Waals surface area contributed by atoms with E-state index in [9.17, 15) is 4.79 Å². The van der Waals surface area contributed by atoms with Gasteiger partial charge in [-0.3, -0.25) is 9.13 Å². The van der Waals surface area contributed by atoms with E-state index in [-0.39, 0.29) is 5.78 Å². The number of carbonyl (C=O) groups is 1. The Morgan fingerprint density at radius 3 is 2.39 bits per heavy atom. The van der Waals surface area contributed by atoms with Crippen LogP contribution < -0.4 is 0 Å². The Bertz CT molecular complexity index is 746. The smallest absolute Gasteiger partial charge is 0.202 e. The van der Waals surface area contributed by atoms with E-state index >= 15 is 0 Å². The summed E-state index contributed by atoms with van der Waals surface area (Å²) in [5, 5.41) is 4.29. The van der Waals surface area contributed by atoms with Crippen molar-refractivity contribution in [3.63, 3.8) is 0 Å². The zero-order valence-electron chi connectivity index (χ0n) is 14.0. The summed E-state index contributed by atoms with van der Waals surface area (Å²) in [6.45, 7) is 7.49. The monoisotopic (exact) mass is 369 g/mol. The lowest BCUT2D eigenvalue weighted by Gasteiger charge is -2.16. The molecule has 0 spiro atoms. The Hall–Kier alpha value is -1.10. The lowest BCUT2D eigenvalue weighted by molar-refractivity contribution is -0.120. The van der Waals surface area contributed by atoms with Gasteiger partial charge in [-0.1, -0.05) is 50.5 Å². The van der Waals surface area contributed by atoms with Gasteiger partial charge in [0.15, 0.2) is 5.78 Å². The molecule has 0 radical (unpaired) electrons. The Balaban J connectivity index is 0.00000127. The zero-order chi connectivity index (χ0) is 17.6. The van der Waals surface area contributed by atoms with Crippen LogP contribution in [-0.4, -0.2) is 32.9 Å². The van der Waals surface area contributed by atoms with Crippen LogP contribution in [0.2, 0.25) is 0 Å². The van der Waals surface area contributed by atoms with E-state index in [4.69, 9.17) is 12.2 Å². The summed E-state index contributed by atoms with van der Waals surface area (Å²) >= 11 is 9.94.